The Labute approximate surface area is 187 Å². The number of halogens is 1. The van der Waals surface area contributed by atoms with Gasteiger partial charge in [0.05, 0.1) is 5.57 Å². The lowest BCUT2D eigenvalue weighted by Crippen LogP contribution is -2.34. The quantitative estimate of drug-likeness (QED) is 0.263. The molecule has 2 aliphatic rings. The van der Waals surface area contributed by atoms with E-state index in [1.54, 1.807) is 30.4 Å². The van der Waals surface area contributed by atoms with Crippen LogP contribution in [-0.2, 0) is 19.1 Å². The van der Waals surface area contributed by atoms with Crippen molar-refractivity contribution in [2.75, 3.05) is 13.2 Å². The molecule has 31 heavy (non-hydrogen) atoms. The summed E-state index contributed by atoms with van der Waals surface area (Å²) in [5, 5.41) is 3.82. The number of Topliss-reactive ketones (excluding diaryl/α,β-unsaturated/α-hetero) is 1. The second-order valence-corrected chi connectivity index (χ2v) is 7.75. The fourth-order valence-corrected chi connectivity index (χ4v) is 4.13. The number of ether oxygens (including phenoxy) is 2. The second-order valence-electron chi connectivity index (χ2n) is 7.31. The van der Waals surface area contributed by atoms with E-state index >= 15 is 0 Å². The number of hydrogen-bond acceptors (Lipinski definition) is 5. The maximum absolute atomic E-state index is 13.1. The Hall–Kier alpha value is -3.05. The average molecular weight is 440 g/mol. The molecule has 3 rings (SSSR count). The number of dihydropyridines is 1. The summed E-state index contributed by atoms with van der Waals surface area (Å²) in [5.41, 5.74) is 3.40. The van der Waals surface area contributed by atoms with Gasteiger partial charge in [-0.15, -0.1) is 0 Å². The molecular formula is C25H26ClNO4. The molecule has 1 N–H and O–H groups in total. The lowest BCUT2D eigenvalue weighted by Gasteiger charge is -2.34. The summed E-state index contributed by atoms with van der Waals surface area (Å²) in [6.07, 6.45) is 6.84. The fourth-order valence-electron chi connectivity index (χ4n) is 3.94. The zero-order valence-electron chi connectivity index (χ0n) is 17.6. The lowest BCUT2D eigenvalue weighted by atomic mass is 9.75. The van der Waals surface area contributed by atoms with Gasteiger partial charge in [-0.25, -0.2) is 4.79 Å². The SMILES string of the molecule is C=C/C=C(\C=C)OCCOC(=O)C1=C(C)NC2=C(C(=O)CCC2)C1c1cccc(Cl)c1. The molecule has 1 aliphatic carbocycles. The number of nitrogens with one attached hydrogen (secondary N) is 1. The number of rotatable bonds is 8. The van der Waals surface area contributed by atoms with Gasteiger partial charge >= 0.3 is 5.97 Å². The van der Waals surface area contributed by atoms with Crippen molar-refractivity contribution in [2.45, 2.75) is 32.1 Å². The van der Waals surface area contributed by atoms with Gasteiger partial charge in [-0.3, -0.25) is 4.79 Å². The Morgan fingerprint density at radius 3 is 2.74 bits per heavy atom. The first-order valence-corrected chi connectivity index (χ1v) is 10.6. The van der Waals surface area contributed by atoms with Gasteiger partial charge in [0.1, 0.15) is 19.0 Å². The highest BCUT2D eigenvalue weighted by Gasteiger charge is 2.39. The molecule has 1 atom stereocenters. The second kappa shape index (κ2) is 10.3. The zero-order valence-corrected chi connectivity index (χ0v) is 18.3. The summed E-state index contributed by atoms with van der Waals surface area (Å²) in [6.45, 7) is 9.33. The van der Waals surface area contributed by atoms with Gasteiger partial charge in [-0.05, 0) is 49.6 Å². The molecule has 0 radical (unpaired) electrons. The van der Waals surface area contributed by atoms with Crippen molar-refractivity contribution in [3.8, 4) is 0 Å². The number of ketones is 1. The third-order valence-corrected chi connectivity index (χ3v) is 5.48. The minimum atomic E-state index is -0.513. The highest BCUT2D eigenvalue weighted by atomic mass is 35.5. The molecule has 6 heteroatoms. The highest BCUT2D eigenvalue weighted by Crippen LogP contribution is 2.42. The average Bonchev–Trinajstić information content (AvgIpc) is 2.75. The van der Waals surface area contributed by atoms with Crippen LogP contribution in [0.4, 0.5) is 0 Å². The number of allylic oxidation sites excluding steroid dienone is 6. The predicted octanol–water partition coefficient (Wildman–Crippen LogP) is 5.12. The number of esters is 1. The van der Waals surface area contributed by atoms with Crippen LogP contribution >= 0.6 is 11.6 Å². The van der Waals surface area contributed by atoms with Crippen molar-refractivity contribution in [2.24, 2.45) is 0 Å². The van der Waals surface area contributed by atoms with Crippen LogP contribution in [0.2, 0.25) is 5.02 Å². The lowest BCUT2D eigenvalue weighted by molar-refractivity contribution is -0.140. The molecular weight excluding hydrogens is 414 g/mol. The van der Waals surface area contributed by atoms with E-state index in [1.807, 2.05) is 19.1 Å². The van der Waals surface area contributed by atoms with Crippen LogP contribution in [0, 0.1) is 0 Å². The van der Waals surface area contributed by atoms with E-state index in [0.717, 1.165) is 24.1 Å². The number of carbonyl (C=O) groups is 2. The van der Waals surface area contributed by atoms with E-state index in [2.05, 4.69) is 18.5 Å². The molecule has 1 unspecified atom stereocenters. The summed E-state index contributed by atoms with van der Waals surface area (Å²) in [6, 6.07) is 7.27. The Kier molecular flexibility index (Phi) is 7.53. The predicted molar refractivity (Wildman–Crippen MR) is 121 cm³/mol. The number of benzene rings is 1. The third kappa shape index (κ3) is 5.17. The Morgan fingerprint density at radius 2 is 2.03 bits per heavy atom. The van der Waals surface area contributed by atoms with Crippen LogP contribution in [0.1, 0.15) is 37.7 Å². The van der Waals surface area contributed by atoms with Crippen LogP contribution in [0.15, 0.2) is 84.0 Å². The molecule has 0 saturated carbocycles. The van der Waals surface area contributed by atoms with Gasteiger partial charge in [-0.1, -0.05) is 43.0 Å². The standard InChI is InChI=1S/C25H26ClNO4/c1-4-8-19(5-2)30-13-14-31-25(29)22-16(3)27-20-11-7-12-21(28)24(20)23(22)17-9-6-10-18(26)15-17/h4-6,8-10,15,23,27H,1-2,7,11-14H2,3H3/b19-8+. The number of carbonyl (C=O) groups excluding carboxylic acids is 2. The highest BCUT2D eigenvalue weighted by molar-refractivity contribution is 6.30. The molecule has 1 aromatic carbocycles. The third-order valence-electron chi connectivity index (χ3n) is 5.25. The first-order valence-electron chi connectivity index (χ1n) is 10.2. The molecule has 1 aromatic rings. The normalized spacial score (nSPS) is 18.8. The van der Waals surface area contributed by atoms with E-state index in [9.17, 15) is 9.59 Å². The summed E-state index contributed by atoms with van der Waals surface area (Å²) in [4.78, 5) is 26.0. The van der Waals surface area contributed by atoms with Gasteiger partial charge in [0.15, 0.2) is 5.78 Å². The molecule has 0 bridgehead atoms. The van der Waals surface area contributed by atoms with Gasteiger partial charge in [0, 0.05) is 34.3 Å². The van der Waals surface area contributed by atoms with Crippen molar-refractivity contribution in [3.05, 3.63) is 94.5 Å². The molecule has 0 saturated heterocycles. The van der Waals surface area contributed by atoms with Crippen LogP contribution in [0.5, 0.6) is 0 Å². The topological polar surface area (TPSA) is 64.6 Å². The van der Waals surface area contributed by atoms with E-state index in [1.165, 1.54) is 0 Å². The van der Waals surface area contributed by atoms with Crippen LogP contribution in [-0.4, -0.2) is 25.0 Å². The summed E-state index contributed by atoms with van der Waals surface area (Å²) < 4.78 is 11.0. The minimum absolute atomic E-state index is 0.0463. The van der Waals surface area contributed by atoms with Crippen LogP contribution < -0.4 is 5.32 Å². The molecule has 1 aliphatic heterocycles. The van der Waals surface area contributed by atoms with Gasteiger partial charge < -0.3 is 14.8 Å². The molecule has 0 spiro atoms. The zero-order chi connectivity index (χ0) is 22.4. The first-order chi connectivity index (χ1) is 15.0. The molecule has 1 heterocycles. The minimum Gasteiger partial charge on any atom is -0.490 e. The fraction of sp³-hybridized carbons (Fsp3) is 0.280. The van der Waals surface area contributed by atoms with Crippen LogP contribution in [0.25, 0.3) is 0 Å². The first kappa shape index (κ1) is 22.6. The smallest absolute Gasteiger partial charge is 0.336 e. The molecule has 0 fully saturated rings. The van der Waals surface area contributed by atoms with E-state index in [0.29, 0.717) is 34.0 Å². The molecule has 162 valence electrons. The van der Waals surface area contributed by atoms with Gasteiger partial charge in [-0.2, -0.15) is 0 Å². The van der Waals surface area contributed by atoms with Crippen LogP contribution in [0.3, 0.4) is 0 Å². The summed E-state index contributed by atoms with van der Waals surface area (Å²) >= 11 is 6.22. The van der Waals surface area contributed by atoms with E-state index < -0.39 is 11.9 Å². The monoisotopic (exact) mass is 439 g/mol. The summed E-state index contributed by atoms with van der Waals surface area (Å²) in [5.74, 6) is -0.415. The van der Waals surface area contributed by atoms with Crippen molar-refractivity contribution >= 4 is 23.4 Å². The maximum atomic E-state index is 13.1. The van der Waals surface area contributed by atoms with E-state index in [-0.39, 0.29) is 19.0 Å². The molecule has 0 amide bonds. The maximum Gasteiger partial charge on any atom is 0.336 e. The van der Waals surface area contributed by atoms with E-state index in [4.69, 9.17) is 21.1 Å². The Bertz CT molecular complexity index is 1000. The Morgan fingerprint density at radius 1 is 1.26 bits per heavy atom. The molecule has 5 nitrogen and oxygen atoms in total. The molecule has 0 aromatic heterocycles. The van der Waals surface area contributed by atoms with Crippen molar-refractivity contribution in [1.29, 1.82) is 0 Å². The van der Waals surface area contributed by atoms with Crippen molar-refractivity contribution < 1.29 is 19.1 Å². The van der Waals surface area contributed by atoms with Gasteiger partial charge in [0.2, 0.25) is 0 Å². The van der Waals surface area contributed by atoms with Gasteiger partial charge in [0.25, 0.3) is 0 Å². The Balaban J connectivity index is 1.85. The summed E-state index contributed by atoms with van der Waals surface area (Å²) in [7, 11) is 0. The van der Waals surface area contributed by atoms with Crippen molar-refractivity contribution in [1.82, 2.24) is 5.32 Å². The number of hydrogen-bond donors (Lipinski definition) is 1. The van der Waals surface area contributed by atoms with Crippen molar-refractivity contribution in [3.63, 3.8) is 0 Å². The largest absolute Gasteiger partial charge is 0.490 e.